The first kappa shape index (κ1) is 16.9. The third-order valence-corrected chi connectivity index (χ3v) is 5.94. The average molecular weight is 330 g/mol. The van der Waals surface area contributed by atoms with E-state index in [0.717, 1.165) is 22.9 Å². The van der Waals surface area contributed by atoms with Gasteiger partial charge in [0.15, 0.2) is 0 Å². The first-order chi connectivity index (χ1) is 10.0. The zero-order chi connectivity index (χ0) is 15.3. The number of aliphatic hydroxyl groups excluding tert-OH is 1. The Labute approximate surface area is 136 Å². The summed E-state index contributed by atoms with van der Waals surface area (Å²) >= 11 is 7.91. The lowest BCUT2D eigenvalue weighted by atomic mass is 9.84. The van der Waals surface area contributed by atoms with Gasteiger partial charge in [-0.3, -0.25) is 0 Å². The van der Waals surface area contributed by atoms with Gasteiger partial charge in [-0.25, -0.2) is 0 Å². The van der Waals surface area contributed by atoms with Crippen LogP contribution < -0.4 is 10.1 Å². The highest BCUT2D eigenvalue weighted by Crippen LogP contribution is 2.42. The van der Waals surface area contributed by atoms with Crippen molar-refractivity contribution in [3.05, 3.63) is 28.8 Å². The van der Waals surface area contributed by atoms with Crippen molar-refractivity contribution in [2.75, 3.05) is 26.0 Å². The van der Waals surface area contributed by atoms with Gasteiger partial charge in [0.2, 0.25) is 0 Å². The second-order valence-electron chi connectivity index (χ2n) is 5.75. The van der Waals surface area contributed by atoms with Gasteiger partial charge in [0.1, 0.15) is 18.5 Å². The third kappa shape index (κ3) is 4.78. The number of thioether (sulfide) groups is 1. The van der Waals surface area contributed by atoms with E-state index in [2.05, 4.69) is 11.6 Å². The molecule has 2 N–H and O–H groups in total. The van der Waals surface area contributed by atoms with E-state index in [1.165, 1.54) is 19.3 Å². The van der Waals surface area contributed by atoms with Gasteiger partial charge in [0, 0.05) is 22.9 Å². The van der Waals surface area contributed by atoms with Crippen LogP contribution in [0, 0.1) is 6.92 Å². The number of benzene rings is 1. The molecule has 1 aromatic carbocycles. The van der Waals surface area contributed by atoms with Crippen LogP contribution in [-0.4, -0.2) is 41.9 Å². The van der Waals surface area contributed by atoms with Crippen molar-refractivity contribution in [1.82, 2.24) is 5.32 Å². The zero-order valence-corrected chi connectivity index (χ0v) is 14.3. The fourth-order valence-electron chi connectivity index (χ4n) is 2.45. The molecule has 1 aromatic rings. The quantitative estimate of drug-likeness (QED) is 0.768. The van der Waals surface area contributed by atoms with Gasteiger partial charge in [0.05, 0.1) is 0 Å². The van der Waals surface area contributed by atoms with Gasteiger partial charge in [0.25, 0.3) is 0 Å². The fourth-order valence-corrected chi connectivity index (χ4v) is 3.51. The van der Waals surface area contributed by atoms with Crippen LogP contribution in [-0.2, 0) is 0 Å². The Hall–Kier alpha value is -0.420. The molecule has 0 amide bonds. The van der Waals surface area contributed by atoms with E-state index in [9.17, 15) is 5.11 Å². The molecule has 0 aromatic heterocycles. The number of rotatable bonds is 8. The van der Waals surface area contributed by atoms with Crippen molar-refractivity contribution < 1.29 is 9.84 Å². The van der Waals surface area contributed by atoms with E-state index in [0.29, 0.717) is 17.9 Å². The van der Waals surface area contributed by atoms with Gasteiger partial charge in [-0.15, -0.1) is 0 Å². The van der Waals surface area contributed by atoms with Crippen molar-refractivity contribution in [2.45, 2.75) is 37.0 Å². The summed E-state index contributed by atoms with van der Waals surface area (Å²) in [7, 11) is 0. The highest BCUT2D eigenvalue weighted by Gasteiger charge is 2.35. The van der Waals surface area contributed by atoms with Crippen molar-refractivity contribution in [1.29, 1.82) is 0 Å². The number of hydrogen-bond donors (Lipinski definition) is 2. The summed E-state index contributed by atoms with van der Waals surface area (Å²) in [6, 6.07) is 5.53. The van der Waals surface area contributed by atoms with Gasteiger partial charge in [-0.05, 0) is 49.8 Å². The minimum atomic E-state index is -0.500. The van der Waals surface area contributed by atoms with Crippen LogP contribution in [0.5, 0.6) is 5.75 Å². The Morgan fingerprint density at radius 1 is 1.48 bits per heavy atom. The maximum Gasteiger partial charge on any atom is 0.119 e. The molecule has 0 heterocycles. The van der Waals surface area contributed by atoms with Gasteiger partial charge in [-0.2, -0.15) is 11.8 Å². The molecule has 1 atom stereocenters. The first-order valence-electron chi connectivity index (χ1n) is 7.37. The lowest BCUT2D eigenvalue weighted by molar-refractivity contribution is 0.105. The van der Waals surface area contributed by atoms with E-state index in [4.69, 9.17) is 16.3 Å². The van der Waals surface area contributed by atoms with Crippen LogP contribution >= 0.6 is 23.4 Å². The van der Waals surface area contributed by atoms with Crippen LogP contribution in [0.25, 0.3) is 0 Å². The van der Waals surface area contributed by atoms with Gasteiger partial charge in [-0.1, -0.05) is 18.0 Å². The highest BCUT2D eigenvalue weighted by atomic mass is 35.5. The molecule has 1 saturated carbocycles. The van der Waals surface area contributed by atoms with Crippen molar-refractivity contribution in [2.24, 2.45) is 0 Å². The Morgan fingerprint density at radius 2 is 2.24 bits per heavy atom. The largest absolute Gasteiger partial charge is 0.491 e. The molecule has 1 fully saturated rings. The van der Waals surface area contributed by atoms with Crippen LogP contribution in [0.2, 0.25) is 5.02 Å². The Bertz CT molecular complexity index is 460. The lowest BCUT2D eigenvalue weighted by Gasteiger charge is -2.40. The van der Waals surface area contributed by atoms with Crippen molar-refractivity contribution in [3.63, 3.8) is 0 Å². The number of ether oxygens (including phenoxy) is 1. The molecule has 5 heteroatoms. The molecule has 0 radical (unpaired) electrons. The monoisotopic (exact) mass is 329 g/mol. The smallest absolute Gasteiger partial charge is 0.119 e. The lowest BCUT2D eigenvalue weighted by Crippen LogP contribution is -2.45. The zero-order valence-electron chi connectivity index (χ0n) is 12.7. The molecule has 118 valence electrons. The number of aliphatic hydroxyl groups is 1. The summed E-state index contributed by atoms with van der Waals surface area (Å²) < 4.78 is 6.00. The molecular formula is C16H24ClNO2S. The first-order valence-corrected chi connectivity index (χ1v) is 8.98. The van der Waals surface area contributed by atoms with Crippen molar-refractivity contribution >= 4 is 23.4 Å². The number of hydrogen-bond acceptors (Lipinski definition) is 4. The van der Waals surface area contributed by atoms with E-state index in [-0.39, 0.29) is 0 Å². The standard InChI is InChI=1S/C16H24ClNO2S/c1-12-8-14(4-5-15(12)17)20-10-13(19)9-18-11-16(21-2)6-3-7-16/h4-5,8,13,18-19H,3,6-7,9-11H2,1-2H3. The summed E-state index contributed by atoms with van der Waals surface area (Å²) in [5.74, 6) is 0.746. The second-order valence-corrected chi connectivity index (χ2v) is 7.43. The molecule has 2 rings (SSSR count). The normalized spacial score (nSPS) is 18.1. The van der Waals surface area contributed by atoms with Crippen LogP contribution in [0.4, 0.5) is 0 Å². The maximum atomic E-state index is 9.97. The Morgan fingerprint density at radius 3 is 2.81 bits per heavy atom. The minimum Gasteiger partial charge on any atom is -0.491 e. The van der Waals surface area contributed by atoms with Gasteiger partial charge < -0.3 is 15.2 Å². The molecule has 1 aliphatic carbocycles. The summed E-state index contributed by atoms with van der Waals surface area (Å²) in [6.45, 7) is 3.76. The fraction of sp³-hybridized carbons (Fsp3) is 0.625. The summed E-state index contributed by atoms with van der Waals surface area (Å²) in [4.78, 5) is 0. The predicted molar refractivity (Wildman–Crippen MR) is 90.7 cm³/mol. The second kappa shape index (κ2) is 7.73. The molecule has 3 nitrogen and oxygen atoms in total. The van der Waals surface area contributed by atoms with Crippen LogP contribution in [0.15, 0.2) is 18.2 Å². The summed E-state index contributed by atoms with van der Waals surface area (Å²) in [6.07, 6.45) is 5.54. The van der Waals surface area contributed by atoms with Gasteiger partial charge >= 0.3 is 0 Å². The SMILES string of the molecule is CSC1(CNCC(O)COc2ccc(Cl)c(C)c2)CCC1. The molecule has 21 heavy (non-hydrogen) atoms. The molecular weight excluding hydrogens is 306 g/mol. The highest BCUT2D eigenvalue weighted by molar-refractivity contribution is 8.00. The Kier molecular flexibility index (Phi) is 6.23. The summed E-state index contributed by atoms with van der Waals surface area (Å²) in [5, 5.41) is 14.1. The topological polar surface area (TPSA) is 41.5 Å². The third-order valence-electron chi connectivity index (χ3n) is 4.10. The van der Waals surface area contributed by atoms with E-state index < -0.39 is 6.10 Å². The molecule has 1 aliphatic rings. The van der Waals surface area contributed by atoms with E-state index in [1.54, 1.807) is 0 Å². The van der Waals surface area contributed by atoms with Crippen molar-refractivity contribution in [3.8, 4) is 5.75 Å². The molecule has 0 saturated heterocycles. The number of halogens is 1. The summed E-state index contributed by atoms with van der Waals surface area (Å²) in [5.41, 5.74) is 0.980. The Balaban J connectivity index is 1.67. The maximum absolute atomic E-state index is 9.97. The molecule has 0 aliphatic heterocycles. The van der Waals surface area contributed by atoms with Crippen LogP contribution in [0.3, 0.4) is 0 Å². The molecule has 0 bridgehead atoms. The minimum absolute atomic E-state index is 0.292. The number of aryl methyl sites for hydroxylation is 1. The molecule has 0 spiro atoms. The van der Waals surface area contributed by atoms with E-state index in [1.807, 2.05) is 36.9 Å². The van der Waals surface area contributed by atoms with E-state index >= 15 is 0 Å². The van der Waals surface area contributed by atoms with Crippen LogP contribution in [0.1, 0.15) is 24.8 Å². The predicted octanol–water partition coefficient (Wildman–Crippen LogP) is 3.26. The molecule has 1 unspecified atom stereocenters. The number of nitrogens with one attached hydrogen (secondary N) is 1. The average Bonchev–Trinajstić information content (AvgIpc) is 2.43.